The fraction of sp³-hybridized carbons (Fsp3) is 0.222. The third-order valence-corrected chi connectivity index (χ3v) is 2.40. The van der Waals surface area contributed by atoms with Crippen molar-refractivity contribution < 1.29 is 9.72 Å². The van der Waals surface area contributed by atoms with Crippen LogP contribution in [0.4, 0.5) is 11.4 Å². The molecule has 0 unspecified atom stereocenters. The Balaban J connectivity index is 2.71. The van der Waals surface area contributed by atoms with Crippen molar-refractivity contribution in [2.75, 3.05) is 5.73 Å². The maximum absolute atomic E-state index is 11.3. The van der Waals surface area contributed by atoms with Crippen LogP contribution in [0.2, 0.25) is 0 Å². The smallest absolute Gasteiger partial charge is 0.295 e. The number of anilines is 1. The van der Waals surface area contributed by atoms with E-state index in [0.29, 0.717) is 24.0 Å². The average molecular weight is 192 g/mol. The molecule has 0 aromatic heterocycles. The molecular formula is C9H8N2O3. The average Bonchev–Trinajstić information content (AvgIpc) is 2.47. The fourth-order valence-corrected chi connectivity index (χ4v) is 1.76. The zero-order valence-electron chi connectivity index (χ0n) is 7.32. The van der Waals surface area contributed by atoms with Gasteiger partial charge in [-0.2, -0.15) is 0 Å². The summed E-state index contributed by atoms with van der Waals surface area (Å²) >= 11 is 0. The lowest BCUT2D eigenvalue weighted by molar-refractivity contribution is -0.384. The Morgan fingerprint density at radius 1 is 1.36 bits per heavy atom. The SMILES string of the molecule is Nc1ccc2c(c1[N+](=O)[O-])CCC2=O. The van der Waals surface area contributed by atoms with E-state index in [2.05, 4.69) is 0 Å². The lowest BCUT2D eigenvalue weighted by Gasteiger charge is -2.01. The standard InChI is InChI=1S/C9H8N2O3/c10-7-3-1-5-6(2-4-8(5)12)9(7)11(13)14/h1,3H,2,4,10H2. The van der Waals surface area contributed by atoms with Gasteiger partial charge in [0.2, 0.25) is 0 Å². The number of nitrogen functional groups attached to an aromatic ring is 1. The Morgan fingerprint density at radius 2 is 2.07 bits per heavy atom. The van der Waals surface area contributed by atoms with Crippen LogP contribution >= 0.6 is 0 Å². The number of hydrogen-bond acceptors (Lipinski definition) is 4. The molecule has 0 saturated carbocycles. The predicted molar refractivity (Wildman–Crippen MR) is 50.2 cm³/mol. The van der Waals surface area contributed by atoms with E-state index in [1.807, 2.05) is 0 Å². The lowest BCUT2D eigenvalue weighted by Crippen LogP contribution is -2.01. The Morgan fingerprint density at radius 3 is 2.71 bits per heavy atom. The molecule has 0 amide bonds. The van der Waals surface area contributed by atoms with Crippen molar-refractivity contribution in [2.45, 2.75) is 12.8 Å². The van der Waals surface area contributed by atoms with Crippen LogP contribution in [0, 0.1) is 10.1 Å². The number of fused-ring (bicyclic) bond motifs is 1. The summed E-state index contributed by atoms with van der Waals surface area (Å²) in [5.74, 6) is -0.0388. The molecule has 0 radical (unpaired) electrons. The highest BCUT2D eigenvalue weighted by atomic mass is 16.6. The summed E-state index contributed by atoms with van der Waals surface area (Å²) in [4.78, 5) is 21.5. The highest BCUT2D eigenvalue weighted by molar-refractivity contribution is 6.02. The summed E-state index contributed by atoms with van der Waals surface area (Å²) in [6, 6.07) is 2.98. The molecule has 0 atom stereocenters. The predicted octanol–water partition coefficient (Wildman–Crippen LogP) is 1.31. The van der Waals surface area contributed by atoms with E-state index < -0.39 is 4.92 Å². The number of carbonyl (C=O) groups is 1. The lowest BCUT2D eigenvalue weighted by atomic mass is 10.1. The van der Waals surface area contributed by atoms with E-state index in [1.54, 1.807) is 6.07 Å². The number of ketones is 1. The molecule has 0 aliphatic heterocycles. The minimum absolute atomic E-state index is 0.0388. The molecule has 0 spiro atoms. The largest absolute Gasteiger partial charge is 0.393 e. The number of Topliss-reactive ketones (excluding diaryl/α,β-unsaturated/α-hetero) is 1. The van der Waals surface area contributed by atoms with Crippen LogP contribution in [0.5, 0.6) is 0 Å². The van der Waals surface area contributed by atoms with Crippen molar-refractivity contribution in [3.63, 3.8) is 0 Å². The van der Waals surface area contributed by atoms with Gasteiger partial charge in [0, 0.05) is 17.5 Å². The maximum atomic E-state index is 11.3. The van der Waals surface area contributed by atoms with Gasteiger partial charge in [0.1, 0.15) is 5.69 Å². The van der Waals surface area contributed by atoms with Crippen molar-refractivity contribution >= 4 is 17.2 Å². The van der Waals surface area contributed by atoms with E-state index in [1.165, 1.54) is 6.07 Å². The molecule has 5 heteroatoms. The van der Waals surface area contributed by atoms with Gasteiger partial charge in [0.15, 0.2) is 5.78 Å². The van der Waals surface area contributed by atoms with Gasteiger partial charge < -0.3 is 5.73 Å². The summed E-state index contributed by atoms with van der Waals surface area (Å²) in [5.41, 5.74) is 6.45. The van der Waals surface area contributed by atoms with Gasteiger partial charge in [-0.15, -0.1) is 0 Å². The van der Waals surface area contributed by atoms with Crippen molar-refractivity contribution in [1.82, 2.24) is 0 Å². The number of carbonyl (C=O) groups excluding carboxylic acids is 1. The number of rotatable bonds is 1. The molecule has 1 aliphatic rings. The highest BCUT2D eigenvalue weighted by Gasteiger charge is 2.29. The molecule has 5 nitrogen and oxygen atoms in total. The van der Waals surface area contributed by atoms with Crippen LogP contribution in [0.25, 0.3) is 0 Å². The van der Waals surface area contributed by atoms with Crippen molar-refractivity contribution in [3.8, 4) is 0 Å². The third kappa shape index (κ3) is 1.06. The topological polar surface area (TPSA) is 86.2 Å². The first-order valence-electron chi connectivity index (χ1n) is 4.20. The van der Waals surface area contributed by atoms with Crippen LogP contribution in [-0.2, 0) is 6.42 Å². The van der Waals surface area contributed by atoms with Crippen LogP contribution in [0.15, 0.2) is 12.1 Å². The van der Waals surface area contributed by atoms with Gasteiger partial charge in [0.05, 0.1) is 4.92 Å². The molecule has 1 aromatic carbocycles. The Bertz CT molecular complexity index is 440. The van der Waals surface area contributed by atoms with Crippen LogP contribution in [-0.4, -0.2) is 10.7 Å². The van der Waals surface area contributed by atoms with Crippen molar-refractivity contribution in [3.05, 3.63) is 33.4 Å². The molecule has 14 heavy (non-hydrogen) atoms. The Kier molecular flexibility index (Phi) is 1.73. The van der Waals surface area contributed by atoms with E-state index in [9.17, 15) is 14.9 Å². The summed E-state index contributed by atoms with van der Waals surface area (Å²) < 4.78 is 0. The molecule has 2 N–H and O–H groups in total. The summed E-state index contributed by atoms with van der Waals surface area (Å²) in [6.45, 7) is 0. The van der Waals surface area contributed by atoms with E-state index in [4.69, 9.17) is 5.73 Å². The number of nitrogens with zero attached hydrogens (tertiary/aromatic N) is 1. The molecule has 1 aromatic rings. The zero-order valence-corrected chi connectivity index (χ0v) is 7.32. The normalized spacial score (nSPS) is 14.1. The quantitative estimate of drug-likeness (QED) is 0.413. The Labute approximate surface area is 79.7 Å². The number of hydrogen-bond donors (Lipinski definition) is 1. The van der Waals surface area contributed by atoms with E-state index in [0.717, 1.165) is 0 Å². The molecule has 0 saturated heterocycles. The van der Waals surface area contributed by atoms with Crippen molar-refractivity contribution in [2.24, 2.45) is 0 Å². The fourth-order valence-electron chi connectivity index (χ4n) is 1.76. The minimum Gasteiger partial charge on any atom is -0.393 e. The van der Waals surface area contributed by atoms with Gasteiger partial charge >= 0.3 is 0 Å². The zero-order chi connectivity index (χ0) is 10.3. The van der Waals surface area contributed by atoms with Crippen LogP contribution in [0.3, 0.4) is 0 Å². The first kappa shape index (κ1) is 8.68. The number of benzene rings is 1. The highest BCUT2D eigenvalue weighted by Crippen LogP contribution is 2.34. The second-order valence-corrected chi connectivity index (χ2v) is 3.21. The van der Waals surface area contributed by atoms with Gasteiger partial charge in [-0.3, -0.25) is 14.9 Å². The number of nitro benzene ring substituents is 1. The molecule has 0 heterocycles. The van der Waals surface area contributed by atoms with Gasteiger partial charge in [-0.1, -0.05) is 0 Å². The molecule has 0 bridgehead atoms. The van der Waals surface area contributed by atoms with Gasteiger partial charge in [-0.25, -0.2) is 0 Å². The molecule has 1 aliphatic carbocycles. The molecular weight excluding hydrogens is 184 g/mol. The first-order chi connectivity index (χ1) is 6.61. The van der Waals surface area contributed by atoms with E-state index >= 15 is 0 Å². The summed E-state index contributed by atoms with van der Waals surface area (Å²) in [6.07, 6.45) is 0.773. The minimum atomic E-state index is -0.521. The van der Waals surface area contributed by atoms with Gasteiger partial charge in [0.25, 0.3) is 5.69 Å². The first-order valence-corrected chi connectivity index (χ1v) is 4.20. The van der Waals surface area contributed by atoms with Crippen LogP contribution < -0.4 is 5.73 Å². The monoisotopic (exact) mass is 192 g/mol. The second-order valence-electron chi connectivity index (χ2n) is 3.21. The van der Waals surface area contributed by atoms with Crippen LogP contribution in [0.1, 0.15) is 22.3 Å². The van der Waals surface area contributed by atoms with Crippen molar-refractivity contribution in [1.29, 1.82) is 0 Å². The van der Waals surface area contributed by atoms with E-state index in [-0.39, 0.29) is 17.2 Å². The second kappa shape index (κ2) is 2.80. The Hall–Kier alpha value is -1.91. The molecule has 2 rings (SSSR count). The van der Waals surface area contributed by atoms with Gasteiger partial charge in [-0.05, 0) is 18.6 Å². The maximum Gasteiger partial charge on any atom is 0.295 e. The summed E-state index contributed by atoms with van der Waals surface area (Å²) in [5, 5.41) is 10.7. The molecule has 72 valence electrons. The number of nitro groups is 1. The molecule has 0 fully saturated rings. The number of nitrogens with two attached hydrogens (primary N) is 1. The third-order valence-electron chi connectivity index (χ3n) is 2.40. The summed E-state index contributed by atoms with van der Waals surface area (Å²) in [7, 11) is 0.